The molecule has 0 spiro atoms. The molecular formula is C17H25N3O. The maximum Gasteiger partial charge on any atom is 0.120 e. The first-order chi connectivity index (χ1) is 10.3. The van der Waals surface area contributed by atoms with Crippen LogP contribution >= 0.6 is 0 Å². The average Bonchev–Trinajstić information content (AvgIpc) is 2.53. The summed E-state index contributed by atoms with van der Waals surface area (Å²) in [4.78, 5) is 5.06. The lowest BCUT2D eigenvalue weighted by atomic mass is 10.2. The van der Waals surface area contributed by atoms with Crippen LogP contribution in [0, 0.1) is 11.3 Å². The normalized spacial score (nSPS) is 16.6. The highest BCUT2D eigenvalue weighted by Gasteiger charge is 2.15. The van der Waals surface area contributed by atoms with Gasteiger partial charge in [0.25, 0.3) is 0 Å². The summed E-state index contributed by atoms with van der Waals surface area (Å²) >= 11 is 0. The number of benzene rings is 1. The monoisotopic (exact) mass is 287 g/mol. The first kappa shape index (κ1) is 15.8. The van der Waals surface area contributed by atoms with E-state index in [9.17, 15) is 0 Å². The number of ether oxygens (including phenoxy) is 1. The predicted molar refractivity (Wildman–Crippen MR) is 84.4 cm³/mol. The van der Waals surface area contributed by atoms with Gasteiger partial charge in [-0.1, -0.05) is 13.0 Å². The lowest BCUT2D eigenvalue weighted by Gasteiger charge is -2.34. The van der Waals surface area contributed by atoms with Crippen LogP contribution in [-0.2, 0) is 0 Å². The summed E-state index contributed by atoms with van der Waals surface area (Å²) in [7, 11) is 0. The largest absolute Gasteiger partial charge is 0.494 e. The zero-order chi connectivity index (χ0) is 14.9. The van der Waals surface area contributed by atoms with E-state index < -0.39 is 0 Å². The molecule has 0 N–H and O–H groups in total. The number of hydrogen-bond donors (Lipinski definition) is 0. The SMILES string of the molecule is CCCN1CCN(CCCOc2cccc(C#N)c2)CC1. The molecule has 0 radical (unpaired) electrons. The van der Waals surface area contributed by atoms with Gasteiger partial charge in [-0.15, -0.1) is 0 Å². The molecule has 1 aliphatic heterocycles. The fourth-order valence-corrected chi connectivity index (χ4v) is 2.69. The highest BCUT2D eigenvalue weighted by Crippen LogP contribution is 2.13. The topological polar surface area (TPSA) is 39.5 Å². The number of nitrogens with zero attached hydrogens (tertiary/aromatic N) is 3. The second-order valence-electron chi connectivity index (χ2n) is 5.52. The van der Waals surface area contributed by atoms with Crippen LogP contribution in [0.15, 0.2) is 24.3 Å². The van der Waals surface area contributed by atoms with Gasteiger partial charge in [0.05, 0.1) is 18.2 Å². The van der Waals surface area contributed by atoms with Gasteiger partial charge in [-0.05, 0) is 37.6 Å². The van der Waals surface area contributed by atoms with Crippen molar-refractivity contribution in [1.29, 1.82) is 5.26 Å². The van der Waals surface area contributed by atoms with Crippen molar-refractivity contribution < 1.29 is 4.74 Å². The van der Waals surface area contributed by atoms with Gasteiger partial charge in [0.15, 0.2) is 0 Å². The summed E-state index contributed by atoms with van der Waals surface area (Å²) in [5.41, 5.74) is 0.652. The van der Waals surface area contributed by atoms with Crippen molar-refractivity contribution in [3.05, 3.63) is 29.8 Å². The van der Waals surface area contributed by atoms with Gasteiger partial charge in [0.1, 0.15) is 5.75 Å². The molecule has 1 saturated heterocycles. The third-order valence-electron chi connectivity index (χ3n) is 3.86. The highest BCUT2D eigenvalue weighted by molar-refractivity contribution is 5.36. The van der Waals surface area contributed by atoms with E-state index in [4.69, 9.17) is 10.00 Å². The molecule has 2 rings (SSSR count). The van der Waals surface area contributed by atoms with E-state index in [-0.39, 0.29) is 0 Å². The smallest absolute Gasteiger partial charge is 0.120 e. The Balaban J connectivity index is 1.61. The second kappa shape index (κ2) is 8.66. The Bertz CT molecular complexity index is 461. The predicted octanol–water partition coefficient (Wildman–Crippen LogP) is 2.35. The Morgan fingerprint density at radius 3 is 2.52 bits per heavy atom. The minimum Gasteiger partial charge on any atom is -0.494 e. The number of nitriles is 1. The van der Waals surface area contributed by atoms with Crippen LogP contribution in [0.3, 0.4) is 0 Å². The van der Waals surface area contributed by atoms with Crippen molar-refractivity contribution in [3.63, 3.8) is 0 Å². The number of rotatable bonds is 7. The third kappa shape index (κ3) is 5.37. The molecular weight excluding hydrogens is 262 g/mol. The van der Waals surface area contributed by atoms with Crippen molar-refractivity contribution in [1.82, 2.24) is 9.80 Å². The highest BCUT2D eigenvalue weighted by atomic mass is 16.5. The quantitative estimate of drug-likeness (QED) is 0.722. The van der Waals surface area contributed by atoms with E-state index >= 15 is 0 Å². The molecule has 0 aliphatic carbocycles. The van der Waals surface area contributed by atoms with Crippen LogP contribution in [0.2, 0.25) is 0 Å². The molecule has 0 atom stereocenters. The Morgan fingerprint density at radius 1 is 1.14 bits per heavy atom. The van der Waals surface area contributed by atoms with Gasteiger partial charge in [-0.25, -0.2) is 0 Å². The van der Waals surface area contributed by atoms with Crippen LogP contribution in [0.5, 0.6) is 5.75 Å². The zero-order valence-corrected chi connectivity index (χ0v) is 12.9. The number of hydrogen-bond acceptors (Lipinski definition) is 4. The van der Waals surface area contributed by atoms with Gasteiger partial charge in [0, 0.05) is 32.7 Å². The minimum absolute atomic E-state index is 0.652. The van der Waals surface area contributed by atoms with E-state index in [1.165, 1.54) is 39.1 Å². The summed E-state index contributed by atoms with van der Waals surface area (Å²) < 4.78 is 5.71. The van der Waals surface area contributed by atoms with E-state index in [2.05, 4.69) is 22.8 Å². The molecule has 4 heteroatoms. The van der Waals surface area contributed by atoms with E-state index in [1.54, 1.807) is 12.1 Å². The first-order valence-corrected chi connectivity index (χ1v) is 7.89. The summed E-state index contributed by atoms with van der Waals surface area (Å²) in [5.74, 6) is 0.793. The fourth-order valence-electron chi connectivity index (χ4n) is 2.69. The molecule has 0 saturated carbocycles. The van der Waals surface area contributed by atoms with Gasteiger partial charge in [0.2, 0.25) is 0 Å². The van der Waals surface area contributed by atoms with Gasteiger partial charge >= 0.3 is 0 Å². The van der Waals surface area contributed by atoms with Gasteiger partial charge in [-0.3, -0.25) is 0 Å². The Kier molecular flexibility index (Phi) is 6.52. The summed E-state index contributed by atoms with van der Waals surface area (Å²) in [6.07, 6.45) is 2.28. The van der Waals surface area contributed by atoms with Crippen molar-refractivity contribution >= 4 is 0 Å². The standard InChI is InChI=1S/C17H25N3O/c1-2-7-19-9-11-20(12-10-19)8-4-13-21-17-6-3-5-16(14-17)15-18/h3,5-6,14H,2,4,7-13H2,1H3. The van der Waals surface area contributed by atoms with Crippen molar-refractivity contribution in [2.45, 2.75) is 19.8 Å². The summed E-state index contributed by atoms with van der Waals surface area (Å²) in [5, 5.41) is 8.85. The van der Waals surface area contributed by atoms with Crippen molar-refractivity contribution in [3.8, 4) is 11.8 Å². The molecule has 0 unspecified atom stereocenters. The first-order valence-electron chi connectivity index (χ1n) is 7.89. The molecule has 1 fully saturated rings. The average molecular weight is 287 g/mol. The Labute approximate surface area is 127 Å². The van der Waals surface area contributed by atoms with Crippen LogP contribution < -0.4 is 4.74 Å². The molecule has 0 aromatic heterocycles. The maximum atomic E-state index is 8.85. The molecule has 1 aromatic rings. The maximum absolute atomic E-state index is 8.85. The molecule has 1 aliphatic rings. The van der Waals surface area contributed by atoms with Crippen LogP contribution in [0.25, 0.3) is 0 Å². The second-order valence-corrected chi connectivity index (χ2v) is 5.52. The lowest BCUT2D eigenvalue weighted by Crippen LogP contribution is -2.46. The van der Waals surface area contributed by atoms with Crippen LogP contribution in [0.4, 0.5) is 0 Å². The fraction of sp³-hybridized carbons (Fsp3) is 0.588. The molecule has 21 heavy (non-hydrogen) atoms. The molecule has 0 bridgehead atoms. The Hall–Kier alpha value is -1.57. The van der Waals surface area contributed by atoms with E-state index in [1.807, 2.05) is 12.1 Å². The molecule has 4 nitrogen and oxygen atoms in total. The zero-order valence-electron chi connectivity index (χ0n) is 12.9. The van der Waals surface area contributed by atoms with Gasteiger partial charge in [-0.2, -0.15) is 5.26 Å². The van der Waals surface area contributed by atoms with Crippen LogP contribution in [-0.4, -0.2) is 55.7 Å². The van der Waals surface area contributed by atoms with Crippen LogP contribution in [0.1, 0.15) is 25.3 Å². The number of piperazine rings is 1. The minimum atomic E-state index is 0.652. The molecule has 1 heterocycles. The van der Waals surface area contributed by atoms with E-state index in [0.717, 1.165) is 18.7 Å². The van der Waals surface area contributed by atoms with Crippen molar-refractivity contribution in [2.75, 3.05) is 45.9 Å². The molecule has 114 valence electrons. The third-order valence-corrected chi connectivity index (χ3v) is 3.86. The molecule has 1 aromatic carbocycles. The van der Waals surface area contributed by atoms with E-state index in [0.29, 0.717) is 12.2 Å². The lowest BCUT2D eigenvalue weighted by molar-refractivity contribution is 0.126. The molecule has 0 amide bonds. The van der Waals surface area contributed by atoms with Gasteiger partial charge < -0.3 is 14.5 Å². The summed E-state index contributed by atoms with van der Waals surface area (Å²) in [6.45, 7) is 10.0. The van der Waals surface area contributed by atoms with Crippen molar-refractivity contribution in [2.24, 2.45) is 0 Å². The Morgan fingerprint density at radius 2 is 1.86 bits per heavy atom. The summed E-state index contributed by atoms with van der Waals surface area (Å²) in [6, 6.07) is 9.49.